The third-order valence-electron chi connectivity index (χ3n) is 3.19. The Bertz CT molecular complexity index is 186. The van der Waals surface area contributed by atoms with E-state index in [2.05, 4.69) is 6.92 Å². The van der Waals surface area contributed by atoms with Gasteiger partial charge in [-0.15, -0.1) is 0 Å². The largest absolute Gasteiger partial charge is 0.481 e. The van der Waals surface area contributed by atoms with E-state index in [4.69, 9.17) is 0 Å². The maximum Gasteiger partial charge on any atom is 0.309 e. The van der Waals surface area contributed by atoms with Crippen molar-refractivity contribution in [3.63, 3.8) is 0 Å². The third kappa shape index (κ3) is 2.91. The van der Waals surface area contributed by atoms with Crippen LogP contribution < -0.4 is 0 Å². The Balaban J connectivity index is 2.47. The summed E-state index contributed by atoms with van der Waals surface area (Å²) in [6.07, 6.45) is 6.07. The number of hydrogen-bond acceptors (Lipinski definition) is 2. The first-order valence-corrected chi connectivity index (χ1v) is 6.68. The fraction of sp³-hybridized carbons (Fsp3) is 0.909. The molecule has 3 heteroatoms. The van der Waals surface area contributed by atoms with Crippen LogP contribution >= 0.6 is 11.8 Å². The number of carboxylic acids is 1. The van der Waals surface area contributed by atoms with Crippen molar-refractivity contribution in [2.75, 3.05) is 11.5 Å². The summed E-state index contributed by atoms with van der Waals surface area (Å²) < 4.78 is 0. The number of carboxylic acid groups (broad SMARTS) is 1. The van der Waals surface area contributed by atoms with Gasteiger partial charge in [0.05, 0.1) is 5.41 Å². The minimum atomic E-state index is -0.561. The smallest absolute Gasteiger partial charge is 0.309 e. The summed E-state index contributed by atoms with van der Waals surface area (Å²) >= 11 is 1.85. The maximum absolute atomic E-state index is 11.3. The third-order valence-corrected chi connectivity index (χ3v) is 4.09. The van der Waals surface area contributed by atoms with Gasteiger partial charge in [-0.25, -0.2) is 0 Å². The van der Waals surface area contributed by atoms with Crippen LogP contribution in [0, 0.1) is 5.41 Å². The molecule has 14 heavy (non-hydrogen) atoms. The van der Waals surface area contributed by atoms with Crippen molar-refractivity contribution in [3.05, 3.63) is 0 Å². The molecular weight excluding hydrogens is 196 g/mol. The lowest BCUT2D eigenvalue weighted by Crippen LogP contribution is -2.33. The van der Waals surface area contributed by atoms with Gasteiger partial charge in [0.25, 0.3) is 0 Å². The second-order valence-corrected chi connectivity index (χ2v) is 5.49. The molecule has 1 aliphatic rings. The quantitative estimate of drug-likeness (QED) is 0.717. The van der Waals surface area contributed by atoms with Crippen LogP contribution in [-0.4, -0.2) is 22.6 Å². The van der Waals surface area contributed by atoms with Crippen LogP contribution in [-0.2, 0) is 4.79 Å². The van der Waals surface area contributed by atoms with Gasteiger partial charge in [0.1, 0.15) is 0 Å². The molecule has 0 bridgehead atoms. The Morgan fingerprint density at radius 2 is 2.00 bits per heavy atom. The minimum Gasteiger partial charge on any atom is -0.481 e. The topological polar surface area (TPSA) is 37.3 Å². The zero-order valence-electron chi connectivity index (χ0n) is 8.92. The highest BCUT2D eigenvalue weighted by Gasteiger charge is 2.38. The molecule has 0 atom stereocenters. The van der Waals surface area contributed by atoms with E-state index >= 15 is 0 Å². The first-order valence-electron chi connectivity index (χ1n) is 5.52. The van der Waals surface area contributed by atoms with Gasteiger partial charge >= 0.3 is 5.97 Å². The second kappa shape index (κ2) is 5.64. The fourth-order valence-corrected chi connectivity index (χ4v) is 3.03. The van der Waals surface area contributed by atoms with Crippen LogP contribution in [0.5, 0.6) is 0 Å². The molecule has 1 rings (SSSR count). The molecule has 0 saturated heterocycles. The molecule has 0 aromatic carbocycles. The van der Waals surface area contributed by atoms with Crippen LogP contribution in [0.2, 0.25) is 0 Å². The number of thioether (sulfide) groups is 1. The van der Waals surface area contributed by atoms with Crippen LogP contribution in [0.1, 0.15) is 45.4 Å². The molecule has 2 nitrogen and oxygen atoms in total. The molecule has 1 fully saturated rings. The Morgan fingerprint density at radius 3 is 2.50 bits per heavy atom. The number of hydrogen-bond donors (Lipinski definition) is 1. The first-order chi connectivity index (χ1) is 6.71. The van der Waals surface area contributed by atoms with Crippen molar-refractivity contribution >= 4 is 17.7 Å². The molecule has 1 N–H and O–H groups in total. The van der Waals surface area contributed by atoms with Crippen LogP contribution in [0.4, 0.5) is 0 Å². The van der Waals surface area contributed by atoms with Crippen molar-refractivity contribution in [2.24, 2.45) is 5.41 Å². The summed E-state index contributed by atoms with van der Waals surface area (Å²) in [4.78, 5) is 11.3. The molecule has 0 unspecified atom stereocenters. The highest BCUT2D eigenvalue weighted by Crippen LogP contribution is 2.40. The summed E-state index contributed by atoms with van der Waals surface area (Å²) in [6, 6.07) is 0. The normalized spacial score (nSPS) is 20.6. The van der Waals surface area contributed by atoms with E-state index < -0.39 is 5.97 Å². The zero-order valence-corrected chi connectivity index (χ0v) is 9.74. The highest BCUT2D eigenvalue weighted by molar-refractivity contribution is 7.99. The van der Waals surface area contributed by atoms with Gasteiger partial charge in [-0.3, -0.25) is 4.79 Å². The molecular formula is C11H20O2S. The molecule has 1 saturated carbocycles. The molecule has 0 amide bonds. The van der Waals surface area contributed by atoms with Crippen LogP contribution in [0.25, 0.3) is 0 Å². The van der Waals surface area contributed by atoms with Crippen LogP contribution in [0.3, 0.4) is 0 Å². The van der Waals surface area contributed by atoms with Gasteiger partial charge in [0, 0.05) is 0 Å². The van der Waals surface area contributed by atoms with Crippen LogP contribution in [0.15, 0.2) is 0 Å². The molecule has 1 aliphatic carbocycles. The summed E-state index contributed by atoms with van der Waals surface area (Å²) in [5.41, 5.74) is -0.375. The number of carbonyl (C=O) groups is 1. The first kappa shape index (κ1) is 11.9. The lowest BCUT2D eigenvalue weighted by atomic mass is 9.72. The molecule has 0 aromatic heterocycles. The summed E-state index contributed by atoms with van der Waals surface area (Å²) in [5.74, 6) is 1.53. The molecule has 0 heterocycles. The van der Waals surface area contributed by atoms with Crippen molar-refractivity contribution in [1.29, 1.82) is 0 Å². The van der Waals surface area contributed by atoms with Gasteiger partial charge in [-0.05, 0) is 30.8 Å². The van der Waals surface area contributed by atoms with Crippen molar-refractivity contribution in [1.82, 2.24) is 0 Å². The summed E-state index contributed by atoms with van der Waals surface area (Å²) in [5, 5.41) is 9.28. The lowest BCUT2D eigenvalue weighted by molar-refractivity contribution is -0.151. The van der Waals surface area contributed by atoms with Gasteiger partial charge in [0.2, 0.25) is 0 Å². The van der Waals surface area contributed by atoms with Gasteiger partial charge in [-0.1, -0.05) is 26.2 Å². The van der Waals surface area contributed by atoms with Gasteiger partial charge < -0.3 is 5.11 Å². The molecule has 0 aliphatic heterocycles. The fourth-order valence-electron chi connectivity index (χ4n) is 2.21. The Kier molecular flexibility index (Phi) is 4.79. The SMILES string of the molecule is CCSCCC1(C(=O)O)CCCCC1. The molecule has 0 spiro atoms. The maximum atomic E-state index is 11.3. The lowest BCUT2D eigenvalue weighted by Gasteiger charge is -2.33. The second-order valence-electron chi connectivity index (χ2n) is 4.09. The molecule has 0 aromatic rings. The van der Waals surface area contributed by atoms with E-state index in [9.17, 15) is 9.90 Å². The Morgan fingerprint density at radius 1 is 1.36 bits per heavy atom. The Hall–Kier alpha value is -0.180. The predicted octanol–water partition coefficient (Wildman–Crippen LogP) is 3.16. The average molecular weight is 216 g/mol. The average Bonchev–Trinajstić information content (AvgIpc) is 2.19. The summed E-state index contributed by atoms with van der Waals surface area (Å²) in [6.45, 7) is 2.12. The van der Waals surface area contributed by atoms with E-state index in [1.165, 1.54) is 6.42 Å². The van der Waals surface area contributed by atoms with Crippen molar-refractivity contribution in [2.45, 2.75) is 45.4 Å². The van der Waals surface area contributed by atoms with E-state index in [0.717, 1.165) is 43.6 Å². The van der Waals surface area contributed by atoms with Crippen molar-refractivity contribution in [3.8, 4) is 0 Å². The standard InChI is InChI=1S/C11H20O2S/c1-2-14-9-8-11(10(12)13)6-4-3-5-7-11/h2-9H2,1H3,(H,12,13). The van der Waals surface area contributed by atoms with Gasteiger partial charge in [-0.2, -0.15) is 11.8 Å². The number of aliphatic carboxylic acids is 1. The highest BCUT2D eigenvalue weighted by atomic mass is 32.2. The van der Waals surface area contributed by atoms with E-state index in [1.807, 2.05) is 11.8 Å². The van der Waals surface area contributed by atoms with E-state index in [0.29, 0.717) is 0 Å². The number of rotatable bonds is 5. The summed E-state index contributed by atoms with van der Waals surface area (Å²) in [7, 11) is 0. The zero-order chi connectivity index (χ0) is 10.4. The van der Waals surface area contributed by atoms with Gasteiger partial charge in [0.15, 0.2) is 0 Å². The van der Waals surface area contributed by atoms with E-state index in [-0.39, 0.29) is 5.41 Å². The monoisotopic (exact) mass is 216 g/mol. The molecule has 0 radical (unpaired) electrons. The molecule has 82 valence electrons. The Labute approximate surface area is 90.5 Å². The van der Waals surface area contributed by atoms with E-state index in [1.54, 1.807) is 0 Å². The minimum absolute atomic E-state index is 0.375. The van der Waals surface area contributed by atoms with Crippen molar-refractivity contribution < 1.29 is 9.90 Å². The predicted molar refractivity (Wildman–Crippen MR) is 60.8 cm³/mol.